The van der Waals surface area contributed by atoms with Crippen molar-refractivity contribution < 1.29 is 5.11 Å². The van der Waals surface area contributed by atoms with Crippen molar-refractivity contribution in [3.05, 3.63) is 83.6 Å². The second kappa shape index (κ2) is 6.07. The zero-order valence-corrected chi connectivity index (χ0v) is 13.7. The minimum Gasteiger partial charge on any atom is -0.390 e. The predicted octanol–water partition coefficient (Wildman–Crippen LogP) is 3.62. The largest absolute Gasteiger partial charge is 0.390 e. The second-order valence-electron chi connectivity index (χ2n) is 6.21. The van der Waals surface area contributed by atoms with E-state index in [2.05, 4.69) is 34.9 Å². The number of nitrogen functional groups attached to an aromatic ring is 1. The molecule has 0 aliphatic rings. The standard InChI is InChI=1S/C21H19N3O/c22-21(23)16-9-8-15-10-18(13-25)24(20(15)11-16)12-17-6-3-5-14-4-1-2-7-19(14)17/h1-11,25H,12-13H2,(H3,22,23). The van der Waals surface area contributed by atoms with Crippen molar-refractivity contribution in [3.8, 4) is 0 Å². The van der Waals surface area contributed by atoms with Crippen LogP contribution in [0, 0.1) is 5.41 Å². The number of nitrogens with zero attached hydrogens (tertiary/aromatic N) is 1. The lowest BCUT2D eigenvalue weighted by Gasteiger charge is -2.12. The molecule has 0 bridgehead atoms. The van der Waals surface area contributed by atoms with Gasteiger partial charge in [0.25, 0.3) is 0 Å². The van der Waals surface area contributed by atoms with Crippen LogP contribution in [0.3, 0.4) is 0 Å². The maximum Gasteiger partial charge on any atom is 0.122 e. The van der Waals surface area contributed by atoms with E-state index in [1.807, 2.05) is 36.4 Å². The molecule has 4 aromatic rings. The highest BCUT2D eigenvalue weighted by atomic mass is 16.3. The molecule has 3 aromatic carbocycles. The van der Waals surface area contributed by atoms with E-state index in [0.29, 0.717) is 12.1 Å². The Morgan fingerprint density at radius 3 is 2.56 bits per heavy atom. The summed E-state index contributed by atoms with van der Waals surface area (Å²) in [5, 5.41) is 20.9. The molecule has 0 aliphatic heterocycles. The summed E-state index contributed by atoms with van der Waals surface area (Å²) in [6.45, 7) is 0.622. The number of hydrogen-bond donors (Lipinski definition) is 3. The van der Waals surface area contributed by atoms with Crippen molar-refractivity contribution in [2.24, 2.45) is 5.73 Å². The molecule has 0 fully saturated rings. The van der Waals surface area contributed by atoms with Crippen molar-refractivity contribution in [2.45, 2.75) is 13.2 Å². The highest BCUT2D eigenvalue weighted by Gasteiger charge is 2.11. The van der Waals surface area contributed by atoms with Crippen molar-refractivity contribution in [1.82, 2.24) is 4.57 Å². The van der Waals surface area contributed by atoms with Gasteiger partial charge in [0.05, 0.1) is 6.61 Å². The number of fused-ring (bicyclic) bond motifs is 2. The smallest absolute Gasteiger partial charge is 0.122 e. The van der Waals surface area contributed by atoms with Gasteiger partial charge in [0, 0.05) is 28.7 Å². The monoisotopic (exact) mass is 329 g/mol. The Labute approximate surface area is 145 Å². The summed E-state index contributed by atoms with van der Waals surface area (Å²) in [6.07, 6.45) is 0. The average molecular weight is 329 g/mol. The van der Waals surface area contributed by atoms with Crippen molar-refractivity contribution in [1.29, 1.82) is 5.41 Å². The number of aliphatic hydroxyl groups excluding tert-OH is 1. The lowest BCUT2D eigenvalue weighted by Crippen LogP contribution is -2.11. The summed E-state index contributed by atoms with van der Waals surface area (Å²) in [5.74, 6) is 0.0466. The number of hydrogen-bond acceptors (Lipinski definition) is 2. The van der Waals surface area contributed by atoms with Crippen LogP contribution in [-0.2, 0) is 13.2 Å². The van der Waals surface area contributed by atoms with Crippen LogP contribution >= 0.6 is 0 Å². The topological polar surface area (TPSA) is 75.0 Å². The van der Waals surface area contributed by atoms with Crippen LogP contribution < -0.4 is 5.73 Å². The van der Waals surface area contributed by atoms with E-state index >= 15 is 0 Å². The Kier molecular flexibility index (Phi) is 3.75. The summed E-state index contributed by atoms with van der Waals surface area (Å²) >= 11 is 0. The lowest BCUT2D eigenvalue weighted by atomic mass is 10.0. The Morgan fingerprint density at radius 2 is 1.76 bits per heavy atom. The van der Waals surface area contributed by atoms with Gasteiger partial charge >= 0.3 is 0 Å². The third-order valence-corrected chi connectivity index (χ3v) is 4.67. The summed E-state index contributed by atoms with van der Waals surface area (Å²) in [7, 11) is 0. The van der Waals surface area contributed by atoms with Gasteiger partial charge in [-0.25, -0.2) is 0 Å². The number of aromatic nitrogens is 1. The van der Waals surface area contributed by atoms with E-state index < -0.39 is 0 Å². The molecule has 0 unspecified atom stereocenters. The van der Waals surface area contributed by atoms with Gasteiger partial charge in [-0.3, -0.25) is 5.41 Å². The van der Waals surface area contributed by atoms with Crippen molar-refractivity contribution in [3.63, 3.8) is 0 Å². The first kappa shape index (κ1) is 15.4. The van der Waals surface area contributed by atoms with E-state index in [0.717, 1.165) is 16.6 Å². The molecule has 0 spiro atoms. The first-order chi connectivity index (χ1) is 12.2. The molecular formula is C21H19N3O. The molecule has 0 saturated carbocycles. The number of aliphatic hydroxyl groups is 1. The molecule has 0 saturated heterocycles. The van der Waals surface area contributed by atoms with Crippen LogP contribution in [0.25, 0.3) is 21.7 Å². The molecule has 1 aromatic heterocycles. The quantitative estimate of drug-likeness (QED) is 0.395. The Morgan fingerprint density at radius 1 is 0.960 bits per heavy atom. The van der Waals surface area contributed by atoms with Crippen LogP contribution in [0.1, 0.15) is 16.8 Å². The maximum absolute atomic E-state index is 9.80. The minimum absolute atomic E-state index is 0.0329. The predicted molar refractivity (Wildman–Crippen MR) is 102 cm³/mol. The van der Waals surface area contributed by atoms with Gasteiger partial charge in [-0.1, -0.05) is 54.6 Å². The van der Waals surface area contributed by atoms with Gasteiger partial charge < -0.3 is 15.4 Å². The van der Waals surface area contributed by atoms with E-state index in [4.69, 9.17) is 11.1 Å². The molecule has 0 radical (unpaired) electrons. The molecule has 25 heavy (non-hydrogen) atoms. The summed E-state index contributed by atoms with van der Waals surface area (Å²) in [4.78, 5) is 0. The minimum atomic E-state index is -0.0329. The summed E-state index contributed by atoms with van der Waals surface area (Å²) in [5.41, 5.74) is 9.36. The molecule has 0 atom stereocenters. The number of nitrogens with two attached hydrogens (primary N) is 1. The number of nitrogens with one attached hydrogen (secondary N) is 1. The molecule has 4 nitrogen and oxygen atoms in total. The molecule has 0 amide bonds. The number of rotatable bonds is 4. The molecule has 4 rings (SSSR count). The molecule has 0 aliphatic carbocycles. The Bertz CT molecular complexity index is 1090. The van der Waals surface area contributed by atoms with Crippen LogP contribution in [0.5, 0.6) is 0 Å². The fourth-order valence-corrected chi connectivity index (χ4v) is 3.40. The third-order valence-electron chi connectivity index (χ3n) is 4.67. The van der Waals surface area contributed by atoms with Crippen LogP contribution in [-0.4, -0.2) is 15.5 Å². The van der Waals surface area contributed by atoms with Crippen molar-refractivity contribution >= 4 is 27.5 Å². The van der Waals surface area contributed by atoms with E-state index in [9.17, 15) is 5.11 Å². The summed E-state index contributed by atoms with van der Waals surface area (Å²) in [6, 6.07) is 22.3. The highest BCUT2D eigenvalue weighted by Crippen LogP contribution is 2.25. The van der Waals surface area contributed by atoms with E-state index in [1.165, 1.54) is 16.3 Å². The van der Waals surface area contributed by atoms with Gasteiger partial charge in [-0.15, -0.1) is 0 Å². The molecule has 1 heterocycles. The Hall–Kier alpha value is -3.11. The number of benzene rings is 3. The number of amidine groups is 1. The molecule has 4 N–H and O–H groups in total. The molecular weight excluding hydrogens is 310 g/mol. The first-order valence-corrected chi connectivity index (χ1v) is 8.21. The van der Waals surface area contributed by atoms with Gasteiger partial charge in [-0.05, 0) is 28.5 Å². The zero-order valence-electron chi connectivity index (χ0n) is 13.7. The fraction of sp³-hybridized carbons (Fsp3) is 0.0952. The van der Waals surface area contributed by atoms with Gasteiger partial charge in [0.1, 0.15) is 5.84 Å². The average Bonchev–Trinajstić information content (AvgIpc) is 2.99. The van der Waals surface area contributed by atoms with Gasteiger partial charge in [0.15, 0.2) is 0 Å². The van der Waals surface area contributed by atoms with E-state index in [1.54, 1.807) is 0 Å². The Balaban J connectivity index is 1.90. The normalized spacial score (nSPS) is 11.2. The molecule has 124 valence electrons. The van der Waals surface area contributed by atoms with Gasteiger partial charge in [-0.2, -0.15) is 0 Å². The lowest BCUT2D eigenvalue weighted by molar-refractivity contribution is 0.272. The fourth-order valence-electron chi connectivity index (χ4n) is 3.40. The second-order valence-corrected chi connectivity index (χ2v) is 6.21. The first-order valence-electron chi connectivity index (χ1n) is 8.21. The maximum atomic E-state index is 9.80. The summed E-state index contributed by atoms with van der Waals surface area (Å²) < 4.78 is 2.10. The third kappa shape index (κ3) is 2.66. The van der Waals surface area contributed by atoms with Crippen molar-refractivity contribution in [2.75, 3.05) is 0 Å². The molecule has 4 heteroatoms. The SMILES string of the molecule is N=C(N)c1ccc2cc(CO)n(Cc3cccc4ccccc34)c2c1. The van der Waals surface area contributed by atoms with Crippen LogP contribution in [0.15, 0.2) is 66.7 Å². The van der Waals surface area contributed by atoms with Gasteiger partial charge in [0.2, 0.25) is 0 Å². The highest BCUT2D eigenvalue weighted by molar-refractivity contribution is 5.98. The van der Waals surface area contributed by atoms with Crippen LogP contribution in [0.4, 0.5) is 0 Å². The zero-order chi connectivity index (χ0) is 17.4. The van der Waals surface area contributed by atoms with E-state index in [-0.39, 0.29) is 12.4 Å². The van der Waals surface area contributed by atoms with Crippen LogP contribution in [0.2, 0.25) is 0 Å².